The Morgan fingerprint density at radius 2 is 2.00 bits per heavy atom. The van der Waals surface area contributed by atoms with Gasteiger partial charge in [-0.2, -0.15) is 0 Å². The molecule has 15 heteroatoms. The van der Waals surface area contributed by atoms with Gasteiger partial charge in [-0.15, -0.1) is 0 Å². The van der Waals surface area contributed by atoms with Crippen LogP contribution >= 0.6 is 0 Å². The number of aliphatic carboxylic acids is 1. The van der Waals surface area contributed by atoms with Crippen molar-refractivity contribution in [3.8, 4) is 40.6 Å². The topological polar surface area (TPSA) is 195 Å². The molecule has 7 heterocycles. The third-order valence-electron chi connectivity index (χ3n) is 9.99. The molecule has 2 aromatic rings. The van der Waals surface area contributed by atoms with E-state index in [-0.39, 0.29) is 18.3 Å². The summed E-state index contributed by atoms with van der Waals surface area (Å²) >= 11 is 0. The molecule has 0 aromatic heterocycles. The van der Waals surface area contributed by atoms with E-state index in [1.54, 1.807) is 26.5 Å². The number of fused-ring (bicyclic) bond motifs is 9. The number of rotatable bonds is 8. The van der Waals surface area contributed by atoms with E-state index in [9.17, 15) is 24.9 Å². The Morgan fingerprint density at radius 1 is 1.16 bits per heavy atom. The van der Waals surface area contributed by atoms with Crippen LogP contribution in [0.3, 0.4) is 0 Å². The lowest BCUT2D eigenvalue weighted by Crippen LogP contribution is -2.68. The standard InChI is InChI=1S/C36H34N2O13/c1-45-23-6-5-19-21-15-47-25-10-24-18(4-3-8-36(44)26(16-48-28(41)11-27(39)40)50-35(49-24)30(42)34(36)43)20(13-38-12-17-7-9-37-22(17)14-38)29(25)31(21)51-32(19)33(23)46-2/h5-7,9-10,14,21,26,30-31,34-35,42-44H,8,11-13,15-16H2,1-2H3,(H,39,40). The summed E-state index contributed by atoms with van der Waals surface area (Å²) in [7, 11) is 3.11. The molecule has 2 bridgehead atoms. The molecule has 7 unspecified atom stereocenters. The van der Waals surface area contributed by atoms with Crippen LogP contribution in [0.5, 0.6) is 28.7 Å². The highest BCUT2D eigenvalue weighted by molar-refractivity contribution is 5.90. The van der Waals surface area contributed by atoms with Crippen molar-refractivity contribution in [3.63, 3.8) is 0 Å². The first-order valence-corrected chi connectivity index (χ1v) is 16.3. The van der Waals surface area contributed by atoms with Crippen molar-refractivity contribution in [2.45, 2.75) is 61.6 Å². The summed E-state index contributed by atoms with van der Waals surface area (Å²) in [6.45, 7) is 0.547. The number of hydrogen-bond donors (Lipinski definition) is 4. The van der Waals surface area contributed by atoms with Crippen LogP contribution in [0, 0.1) is 11.8 Å². The minimum absolute atomic E-state index is 0.180. The molecule has 7 aliphatic rings. The number of allylic oxidation sites excluding steroid dienone is 1. The molecule has 2 aromatic carbocycles. The number of aliphatic hydroxyl groups excluding tert-OH is 2. The van der Waals surface area contributed by atoms with E-state index in [1.165, 1.54) is 0 Å². The molecule has 7 aliphatic heterocycles. The van der Waals surface area contributed by atoms with Gasteiger partial charge in [0.1, 0.15) is 54.5 Å². The van der Waals surface area contributed by atoms with Gasteiger partial charge < -0.3 is 58.5 Å². The third-order valence-corrected chi connectivity index (χ3v) is 9.99. The zero-order valence-electron chi connectivity index (χ0n) is 27.5. The summed E-state index contributed by atoms with van der Waals surface area (Å²) in [5.74, 6) is 5.60. The average molecular weight is 703 g/mol. The van der Waals surface area contributed by atoms with Crippen LogP contribution in [0.15, 0.2) is 46.7 Å². The number of ether oxygens (including phenoxy) is 7. The average Bonchev–Trinajstić information content (AvgIpc) is 3.81. The molecular weight excluding hydrogens is 668 g/mol. The number of carboxylic acids is 1. The number of carboxylic acid groups (broad SMARTS) is 1. The van der Waals surface area contributed by atoms with Gasteiger partial charge in [0.25, 0.3) is 0 Å². The summed E-state index contributed by atoms with van der Waals surface area (Å²) in [5, 5.41) is 42.9. The highest BCUT2D eigenvalue weighted by Gasteiger charge is 2.56. The Balaban J connectivity index is 1.22. The quantitative estimate of drug-likeness (QED) is 0.175. The molecule has 7 atom stereocenters. The fourth-order valence-electron chi connectivity index (χ4n) is 7.45. The maximum Gasteiger partial charge on any atom is 0.317 e. The lowest BCUT2D eigenvalue weighted by molar-refractivity contribution is -0.312. The molecule has 15 nitrogen and oxygen atoms in total. The maximum absolute atomic E-state index is 12.0. The first-order chi connectivity index (χ1) is 24.6. The van der Waals surface area contributed by atoms with Gasteiger partial charge in [-0.3, -0.25) is 14.6 Å². The number of hydrogen-bond acceptors (Lipinski definition) is 14. The van der Waals surface area contributed by atoms with Crippen LogP contribution in [0.25, 0.3) is 0 Å². The monoisotopic (exact) mass is 702 g/mol. The minimum atomic E-state index is -2.22. The Kier molecular flexibility index (Phi) is 8.06. The van der Waals surface area contributed by atoms with E-state index in [4.69, 9.17) is 38.3 Å². The summed E-state index contributed by atoms with van der Waals surface area (Å²) < 4.78 is 41.6. The maximum atomic E-state index is 12.0. The first kappa shape index (κ1) is 32.9. The smallest absolute Gasteiger partial charge is 0.317 e. The van der Waals surface area contributed by atoms with Gasteiger partial charge in [-0.25, -0.2) is 0 Å². The summed E-state index contributed by atoms with van der Waals surface area (Å²) in [6, 6.07) is 5.41. The van der Waals surface area contributed by atoms with Gasteiger partial charge in [0.05, 0.1) is 38.0 Å². The Bertz CT molecular complexity index is 1980. The van der Waals surface area contributed by atoms with E-state index < -0.39 is 67.7 Å². The SMILES string of the molecule is COc1ccc2c(c1OC)OC1c3c(cc4c(c3CN3C=C5N=CC=C5C3)C#CCC3(O)C(COC(=O)CC(=O)O)OC(O4)C(O)C3O)OCC21. The predicted octanol–water partition coefficient (Wildman–Crippen LogP) is 1.31. The summed E-state index contributed by atoms with van der Waals surface area (Å²) in [5.41, 5.74) is 2.47. The molecule has 1 saturated heterocycles. The lowest BCUT2D eigenvalue weighted by Gasteiger charge is -2.47. The van der Waals surface area contributed by atoms with Crippen LogP contribution in [-0.2, 0) is 25.6 Å². The molecule has 0 spiro atoms. The number of aliphatic imine (C=N–C) groups is 1. The van der Waals surface area contributed by atoms with Crippen LogP contribution in [-0.4, -0.2) is 108 Å². The molecule has 266 valence electrons. The fraction of sp³-hybridized carbons (Fsp3) is 0.417. The number of esters is 1. The fourth-order valence-corrected chi connectivity index (χ4v) is 7.45. The normalized spacial score (nSPS) is 28.9. The number of carbonyl (C=O) groups is 2. The van der Waals surface area contributed by atoms with Crippen LogP contribution in [0.4, 0.5) is 0 Å². The van der Waals surface area contributed by atoms with Gasteiger partial charge in [-0.05, 0) is 12.1 Å². The predicted molar refractivity (Wildman–Crippen MR) is 174 cm³/mol. The number of benzene rings is 2. The number of nitrogens with zero attached hydrogens (tertiary/aromatic N) is 2. The molecular formula is C36H34N2O13. The van der Waals surface area contributed by atoms with E-state index >= 15 is 0 Å². The first-order valence-electron chi connectivity index (χ1n) is 16.3. The molecule has 4 N–H and O–H groups in total. The Hall–Kier alpha value is -5.27. The Labute approximate surface area is 291 Å². The second-order valence-electron chi connectivity index (χ2n) is 13.0. The molecule has 0 saturated carbocycles. The van der Waals surface area contributed by atoms with E-state index in [0.29, 0.717) is 47.2 Å². The number of methoxy groups -OCH3 is 2. The minimum Gasteiger partial charge on any atom is -0.493 e. The molecule has 0 aliphatic carbocycles. The Morgan fingerprint density at radius 3 is 2.76 bits per heavy atom. The van der Waals surface area contributed by atoms with E-state index in [0.717, 1.165) is 22.4 Å². The molecule has 1 fully saturated rings. The zero-order valence-corrected chi connectivity index (χ0v) is 27.5. The van der Waals surface area contributed by atoms with Crippen molar-refractivity contribution in [1.29, 1.82) is 0 Å². The highest BCUT2D eigenvalue weighted by Crippen LogP contribution is 2.58. The lowest BCUT2D eigenvalue weighted by atomic mass is 9.81. The van der Waals surface area contributed by atoms with Crippen molar-refractivity contribution < 1.29 is 63.2 Å². The van der Waals surface area contributed by atoms with Crippen molar-refractivity contribution in [2.24, 2.45) is 4.99 Å². The van der Waals surface area contributed by atoms with Gasteiger partial charge in [0.2, 0.25) is 12.0 Å². The second-order valence-corrected chi connectivity index (χ2v) is 13.0. The van der Waals surface area contributed by atoms with E-state index in [1.807, 2.05) is 24.4 Å². The summed E-state index contributed by atoms with van der Waals surface area (Å²) in [4.78, 5) is 29.5. The molecule has 0 radical (unpaired) electrons. The van der Waals surface area contributed by atoms with Crippen LogP contribution in [0.1, 0.15) is 47.1 Å². The summed E-state index contributed by atoms with van der Waals surface area (Å²) in [6.07, 6.45) is -2.72. The van der Waals surface area contributed by atoms with Gasteiger partial charge >= 0.3 is 11.9 Å². The largest absolute Gasteiger partial charge is 0.493 e. The van der Waals surface area contributed by atoms with E-state index in [2.05, 4.69) is 21.7 Å². The molecule has 0 amide bonds. The van der Waals surface area contributed by atoms with Crippen molar-refractivity contribution in [1.82, 2.24) is 4.90 Å². The van der Waals surface area contributed by atoms with Crippen molar-refractivity contribution in [2.75, 3.05) is 34.0 Å². The van der Waals surface area contributed by atoms with Crippen LogP contribution < -0.4 is 23.7 Å². The molecule has 51 heavy (non-hydrogen) atoms. The highest BCUT2D eigenvalue weighted by atomic mass is 16.7. The van der Waals surface area contributed by atoms with Gasteiger partial charge in [0, 0.05) is 60.3 Å². The number of carbonyl (C=O) groups excluding carboxylic acids is 1. The van der Waals surface area contributed by atoms with Crippen LogP contribution in [0.2, 0.25) is 0 Å². The van der Waals surface area contributed by atoms with Crippen molar-refractivity contribution in [3.05, 3.63) is 64.0 Å². The number of aliphatic hydroxyl groups is 3. The van der Waals surface area contributed by atoms with Gasteiger partial charge in [0.15, 0.2) is 11.5 Å². The second kappa shape index (κ2) is 12.5. The molecule has 9 rings (SSSR count). The van der Waals surface area contributed by atoms with Gasteiger partial charge in [-0.1, -0.05) is 17.9 Å². The third kappa shape index (κ3) is 5.42. The van der Waals surface area contributed by atoms with Crippen molar-refractivity contribution >= 4 is 18.2 Å². The zero-order chi connectivity index (χ0) is 35.6.